The predicted molar refractivity (Wildman–Crippen MR) is 119 cm³/mol. The lowest BCUT2D eigenvalue weighted by atomic mass is 10.2. The van der Waals surface area contributed by atoms with Gasteiger partial charge in [0.05, 0.1) is 17.9 Å². The zero-order chi connectivity index (χ0) is 20.3. The van der Waals surface area contributed by atoms with Crippen LogP contribution in [0.25, 0.3) is 11.1 Å². The molecule has 8 heteroatoms. The lowest BCUT2D eigenvalue weighted by Gasteiger charge is -2.31. The quantitative estimate of drug-likeness (QED) is 0.352. The third-order valence-electron chi connectivity index (χ3n) is 4.57. The molecule has 0 unspecified atom stereocenters. The van der Waals surface area contributed by atoms with Crippen LogP contribution in [0.2, 0.25) is 0 Å². The van der Waals surface area contributed by atoms with Gasteiger partial charge in [-0.25, -0.2) is 10.2 Å². The first-order chi connectivity index (χ1) is 14.8. The number of rotatable bonds is 4. The third-order valence-corrected chi connectivity index (χ3v) is 5.70. The Hall–Kier alpha value is -3.78. The van der Waals surface area contributed by atoms with E-state index in [1.165, 1.54) is 9.79 Å². The normalized spacial score (nSPS) is 12.6. The van der Waals surface area contributed by atoms with Gasteiger partial charge in [-0.05, 0) is 36.4 Å². The SMILES string of the molecule is O=C(N/N=C/CN1c2ccccc2Sc2ccccc21)Nc1nc2ccccc2o1. The first kappa shape index (κ1) is 18.3. The monoisotopic (exact) mass is 415 g/mol. The summed E-state index contributed by atoms with van der Waals surface area (Å²) in [6, 6.07) is 23.4. The molecule has 0 saturated carbocycles. The molecule has 2 N–H and O–H groups in total. The van der Waals surface area contributed by atoms with Crippen LogP contribution in [0.5, 0.6) is 0 Å². The van der Waals surface area contributed by atoms with Crippen molar-refractivity contribution in [2.45, 2.75) is 9.79 Å². The molecule has 3 aromatic carbocycles. The van der Waals surface area contributed by atoms with E-state index in [9.17, 15) is 4.79 Å². The molecule has 2 amide bonds. The summed E-state index contributed by atoms with van der Waals surface area (Å²) in [5, 5.41) is 6.60. The maximum Gasteiger partial charge on any atom is 0.343 e. The first-order valence-electron chi connectivity index (χ1n) is 9.35. The van der Waals surface area contributed by atoms with E-state index < -0.39 is 6.03 Å². The number of amides is 2. The summed E-state index contributed by atoms with van der Waals surface area (Å²) in [5.41, 5.74) is 5.96. The van der Waals surface area contributed by atoms with Crippen LogP contribution in [0.3, 0.4) is 0 Å². The average Bonchev–Trinajstić information content (AvgIpc) is 3.18. The number of fused-ring (bicyclic) bond motifs is 3. The second kappa shape index (κ2) is 7.92. The third kappa shape index (κ3) is 3.60. The molecule has 0 bridgehead atoms. The van der Waals surface area contributed by atoms with Crippen molar-refractivity contribution in [3.8, 4) is 0 Å². The number of para-hydroxylation sites is 4. The molecular formula is C22H17N5O2S. The van der Waals surface area contributed by atoms with Crippen LogP contribution in [0.4, 0.5) is 22.2 Å². The molecular weight excluding hydrogens is 398 g/mol. The Labute approximate surface area is 176 Å². The predicted octanol–water partition coefficient (Wildman–Crippen LogP) is 5.24. The molecule has 4 aromatic rings. The van der Waals surface area contributed by atoms with Crippen LogP contribution < -0.4 is 15.6 Å². The highest BCUT2D eigenvalue weighted by atomic mass is 32.2. The van der Waals surface area contributed by atoms with Crippen LogP contribution >= 0.6 is 11.8 Å². The molecule has 1 aliphatic heterocycles. The van der Waals surface area contributed by atoms with Gasteiger partial charge in [0.15, 0.2) is 5.58 Å². The second-order valence-corrected chi connectivity index (χ2v) is 7.60. The van der Waals surface area contributed by atoms with E-state index in [0.717, 1.165) is 11.4 Å². The molecule has 0 atom stereocenters. The van der Waals surface area contributed by atoms with Crippen molar-refractivity contribution in [3.05, 3.63) is 72.8 Å². The van der Waals surface area contributed by atoms with E-state index in [0.29, 0.717) is 17.6 Å². The number of carbonyl (C=O) groups is 1. The highest BCUT2D eigenvalue weighted by molar-refractivity contribution is 7.99. The number of nitrogens with one attached hydrogen (secondary N) is 2. The van der Waals surface area contributed by atoms with Crippen molar-refractivity contribution in [2.75, 3.05) is 16.8 Å². The van der Waals surface area contributed by atoms with Gasteiger partial charge in [0.25, 0.3) is 0 Å². The molecule has 148 valence electrons. The molecule has 0 spiro atoms. The Morgan fingerprint density at radius 2 is 1.67 bits per heavy atom. The lowest BCUT2D eigenvalue weighted by Crippen LogP contribution is -2.27. The Morgan fingerprint density at radius 3 is 2.40 bits per heavy atom. The molecule has 7 nitrogen and oxygen atoms in total. The van der Waals surface area contributed by atoms with E-state index in [1.807, 2.05) is 42.5 Å². The van der Waals surface area contributed by atoms with E-state index in [1.54, 1.807) is 24.0 Å². The molecule has 5 rings (SSSR count). The van der Waals surface area contributed by atoms with Gasteiger partial charge in [-0.3, -0.25) is 5.32 Å². The second-order valence-electron chi connectivity index (χ2n) is 6.51. The van der Waals surface area contributed by atoms with Crippen molar-refractivity contribution in [1.82, 2.24) is 10.4 Å². The zero-order valence-electron chi connectivity index (χ0n) is 15.8. The highest BCUT2D eigenvalue weighted by Gasteiger charge is 2.21. The van der Waals surface area contributed by atoms with E-state index >= 15 is 0 Å². The van der Waals surface area contributed by atoms with Crippen molar-refractivity contribution < 1.29 is 9.21 Å². The van der Waals surface area contributed by atoms with Crippen LogP contribution in [-0.4, -0.2) is 23.8 Å². The molecule has 0 fully saturated rings. The fourth-order valence-corrected chi connectivity index (χ4v) is 4.35. The Balaban J connectivity index is 1.25. The number of benzene rings is 3. The fourth-order valence-electron chi connectivity index (χ4n) is 3.26. The molecule has 2 heterocycles. The summed E-state index contributed by atoms with van der Waals surface area (Å²) >= 11 is 1.75. The number of hydrogen-bond acceptors (Lipinski definition) is 6. The van der Waals surface area contributed by atoms with Gasteiger partial charge in [0, 0.05) is 16.0 Å². The number of aromatic nitrogens is 1. The van der Waals surface area contributed by atoms with Gasteiger partial charge in [0.2, 0.25) is 0 Å². The van der Waals surface area contributed by atoms with E-state index in [2.05, 4.69) is 50.0 Å². The van der Waals surface area contributed by atoms with Gasteiger partial charge >= 0.3 is 12.0 Å². The summed E-state index contributed by atoms with van der Waals surface area (Å²) in [7, 11) is 0. The summed E-state index contributed by atoms with van der Waals surface area (Å²) in [4.78, 5) is 20.8. The van der Waals surface area contributed by atoms with Crippen molar-refractivity contribution in [1.29, 1.82) is 0 Å². The van der Waals surface area contributed by atoms with Gasteiger partial charge in [-0.2, -0.15) is 10.1 Å². The zero-order valence-corrected chi connectivity index (χ0v) is 16.6. The average molecular weight is 415 g/mol. The summed E-state index contributed by atoms with van der Waals surface area (Å²) in [6.45, 7) is 0.512. The minimum Gasteiger partial charge on any atom is -0.423 e. The van der Waals surface area contributed by atoms with Gasteiger partial charge in [0.1, 0.15) is 5.52 Å². The maximum absolute atomic E-state index is 12.1. The number of hydrazone groups is 1. The van der Waals surface area contributed by atoms with Crippen LogP contribution in [0.15, 0.2) is 92.1 Å². The topological polar surface area (TPSA) is 82.8 Å². The van der Waals surface area contributed by atoms with Crippen LogP contribution in [-0.2, 0) is 0 Å². The first-order valence-corrected chi connectivity index (χ1v) is 10.2. The lowest BCUT2D eigenvalue weighted by molar-refractivity contribution is 0.252. The summed E-state index contributed by atoms with van der Waals surface area (Å²) < 4.78 is 5.47. The molecule has 1 aliphatic rings. The summed E-state index contributed by atoms with van der Waals surface area (Å²) in [6.07, 6.45) is 1.66. The smallest absolute Gasteiger partial charge is 0.343 e. The van der Waals surface area contributed by atoms with E-state index in [4.69, 9.17) is 4.42 Å². The molecule has 0 saturated heterocycles. The highest BCUT2D eigenvalue weighted by Crippen LogP contribution is 2.47. The van der Waals surface area contributed by atoms with Crippen molar-refractivity contribution in [2.24, 2.45) is 5.10 Å². The standard InChI is InChI=1S/C22H17N5O2S/c28-21(25-22-24-15-7-1-4-10-18(15)29-22)26-23-13-14-27-16-8-2-5-11-19(16)30-20-12-6-3-9-17(20)27/h1-13H,14H2,(H2,24,25,26,28)/b23-13+. The van der Waals surface area contributed by atoms with Crippen LogP contribution in [0.1, 0.15) is 0 Å². The Kier molecular flexibility index (Phi) is 4.82. The fraction of sp³-hybridized carbons (Fsp3) is 0.0455. The number of urea groups is 1. The van der Waals surface area contributed by atoms with E-state index in [-0.39, 0.29) is 6.01 Å². The molecule has 1 aromatic heterocycles. The minimum atomic E-state index is -0.521. The van der Waals surface area contributed by atoms with Crippen molar-refractivity contribution in [3.63, 3.8) is 0 Å². The number of nitrogens with zero attached hydrogens (tertiary/aromatic N) is 3. The van der Waals surface area contributed by atoms with Gasteiger partial charge in [-0.1, -0.05) is 48.2 Å². The Morgan fingerprint density at radius 1 is 1.00 bits per heavy atom. The number of anilines is 3. The van der Waals surface area contributed by atoms with Crippen LogP contribution in [0, 0.1) is 0 Å². The van der Waals surface area contributed by atoms with Gasteiger partial charge < -0.3 is 9.32 Å². The van der Waals surface area contributed by atoms with Crippen molar-refractivity contribution >= 4 is 52.5 Å². The molecule has 0 aliphatic carbocycles. The maximum atomic E-state index is 12.1. The molecule has 30 heavy (non-hydrogen) atoms. The van der Waals surface area contributed by atoms with Gasteiger partial charge in [-0.15, -0.1) is 0 Å². The minimum absolute atomic E-state index is 0.125. The summed E-state index contributed by atoms with van der Waals surface area (Å²) in [5.74, 6) is 0. The molecule has 0 radical (unpaired) electrons. The number of oxazole rings is 1. The largest absolute Gasteiger partial charge is 0.423 e. The number of carbonyl (C=O) groups excluding carboxylic acids is 1. The number of hydrogen-bond donors (Lipinski definition) is 2. The Bertz CT molecular complexity index is 1170.